The summed E-state index contributed by atoms with van der Waals surface area (Å²) in [7, 11) is 0. The lowest BCUT2D eigenvalue weighted by Gasteiger charge is -2.26. The quantitative estimate of drug-likeness (QED) is 0.719. The van der Waals surface area contributed by atoms with E-state index in [1.54, 1.807) is 0 Å². The number of ether oxygens (including phenoxy) is 1. The van der Waals surface area contributed by atoms with Crippen molar-refractivity contribution in [3.05, 3.63) is 0 Å². The molecule has 0 aromatic heterocycles. The Morgan fingerprint density at radius 1 is 0.750 bits per heavy atom. The van der Waals surface area contributed by atoms with Crippen LogP contribution in [0.1, 0.15) is 57.8 Å². The molecule has 0 aromatic carbocycles. The summed E-state index contributed by atoms with van der Waals surface area (Å²) in [6.45, 7) is 1.59. The van der Waals surface area contributed by atoms with Crippen LogP contribution in [0.25, 0.3) is 0 Å². The summed E-state index contributed by atoms with van der Waals surface area (Å²) in [6.07, 6.45) is 10.8. The lowest BCUT2D eigenvalue weighted by molar-refractivity contribution is -0.130. The molecule has 92 valence electrons. The first-order valence-corrected chi connectivity index (χ1v) is 6.99. The summed E-state index contributed by atoms with van der Waals surface area (Å²) in [6, 6.07) is 0. The maximum absolute atomic E-state index is 12.4. The first-order chi connectivity index (χ1) is 7.88. The van der Waals surface area contributed by atoms with Crippen molar-refractivity contribution in [2.45, 2.75) is 57.8 Å². The molecule has 2 heteroatoms. The average Bonchev–Trinajstić information content (AvgIpc) is 2.29. The van der Waals surface area contributed by atoms with Crippen molar-refractivity contribution in [1.29, 1.82) is 0 Å². The highest BCUT2D eigenvalue weighted by molar-refractivity contribution is 5.83. The first-order valence-electron chi connectivity index (χ1n) is 6.99. The lowest BCUT2D eigenvalue weighted by atomic mass is 9.81. The molecule has 2 rings (SSSR count). The van der Waals surface area contributed by atoms with Crippen molar-refractivity contribution in [2.75, 3.05) is 13.2 Å². The molecule has 1 heterocycles. The molecule has 0 bridgehead atoms. The Labute approximate surface area is 98.7 Å². The molecule has 1 saturated heterocycles. The van der Waals surface area contributed by atoms with Crippen molar-refractivity contribution in [2.24, 2.45) is 11.8 Å². The molecule has 0 unspecified atom stereocenters. The molecule has 0 amide bonds. The lowest BCUT2D eigenvalue weighted by Crippen LogP contribution is -2.29. The van der Waals surface area contributed by atoms with Crippen LogP contribution in [0.4, 0.5) is 0 Å². The van der Waals surface area contributed by atoms with Crippen LogP contribution in [-0.4, -0.2) is 19.0 Å². The first kappa shape index (κ1) is 12.1. The predicted molar refractivity (Wildman–Crippen MR) is 64.4 cm³/mol. The number of Topliss-reactive ketones (excluding diaryl/α,β-unsaturated/α-hetero) is 1. The zero-order chi connectivity index (χ0) is 11.2. The van der Waals surface area contributed by atoms with Gasteiger partial charge < -0.3 is 4.74 Å². The number of rotatable bonds is 2. The topological polar surface area (TPSA) is 26.3 Å². The van der Waals surface area contributed by atoms with Crippen molar-refractivity contribution >= 4 is 5.78 Å². The summed E-state index contributed by atoms with van der Waals surface area (Å²) in [5.41, 5.74) is 0. The molecular weight excluding hydrogens is 200 g/mol. The Morgan fingerprint density at radius 3 is 1.88 bits per heavy atom. The van der Waals surface area contributed by atoms with Gasteiger partial charge in [-0.15, -0.1) is 0 Å². The monoisotopic (exact) mass is 224 g/mol. The van der Waals surface area contributed by atoms with Gasteiger partial charge >= 0.3 is 0 Å². The normalized spacial score (nSPS) is 26.0. The molecular formula is C14H24O2. The minimum absolute atomic E-state index is 0.318. The van der Waals surface area contributed by atoms with Gasteiger partial charge in [0, 0.05) is 25.0 Å². The Morgan fingerprint density at radius 2 is 1.25 bits per heavy atom. The molecule has 1 saturated carbocycles. The molecule has 0 N–H and O–H groups in total. The van der Waals surface area contributed by atoms with E-state index in [0.717, 1.165) is 38.9 Å². The van der Waals surface area contributed by atoms with Gasteiger partial charge in [0.05, 0.1) is 0 Å². The predicted octanol–water partition coefficient (Wildman–Crippen LogP) is 3.34. The van der Waals surface area contributed by atoms with Gasteiger partial charge in [-0.3, -0.25) is 4.79 Å². The van der Waals surface area contributed by atoms with Gasteiger partial charge in [0.2, 0.25) is 0 Å². The van der Waals surface area contributed by atoms with Gasteiger partial charge in [-0.1, -0.05) is 32.1 Å². The third-order valence-electron chi connectivity index (χ3n) is 4.13. The van der Waals surface area contributed by atoms with Crippen molar-refractivity contribution < 1.29 is 9.53 Å². The molecule has 16 heavy (non-hydrogen) atoms. The minimum atomic E-state index is 0.318. The van der Waals surface area contributed by atoms with Crippen molar-refractivity contribution in [3.8, 4) is 0 Å². The second kappa shape index (κ2) is 6.39. The smallest absolute Gasteiger partial charge is 0.139 e. The van der Waals surface area contributed by atoms with Crippen LogP contribution in [0, 0.1) is 11.8 Å². The second-order valence-corrected chi connectivity index (χ2v) is 5.33. The van der Waals surface area contributed by atoms with Crippen LogP contribution >= 0.6 is 0 Å². The van der Waals surface area contributed by atoms with E-state index in [9.17, 15) is 4.79 Å². The molecule has 0 radical (unpaired) electrons. The van der Waals surface area contributed by atoms with Crippen LogP contribution in [0.5, 0.6) is 0 Å². The van der Waals surface area contributed by atoms with Crippen LogP contribution < -0.4 is 0 Å². The number of carbonyl (C=O) groups is 1. The van der Waals surface area contributed by atoms with E-state index in [1.807, 2.05) is 0 Å². The molecule has 2 aliphatic rings. The zero-order valence-electron chi connectivity index (χ0n) is 10.2. The van der Waals surface area contributed by atoms with Gasteiger partial charge in [0.1, 0.15) is 5.78 Å². The highest BCUT2D eigenvalue weighted by Gasteiger charge is 2.28. The van der Waals surface area contributed by atoms with Crippen LogP contribution in [-0.2, 0) is 9.53 Å². The largest absolute Gasteiger partial charge is 0.381 e. The molecule has 0 spiro atoms. The standard InChI is InChI=1S/C14H24O2/c15-14(13-8-10-16-11-9-13)12-6-4-2-1-3-5-7-12/h12-13H,1-11H2. The number of ketones is 1. The third kappa shape index (κ3) is 3.31. The summed E-state index contributed by atoms with van der Waals surface area (Å²) < 4.78 is 5.33. The summed E-state index contributed by atoms with van der Waals surface area (Å²) in [5, 5.41) is 0. The summed E-state index contributed by atoms with van der Waals surface area (Å²) >= 11 is 0. The zero-order valence-corrected chi connectivity index (χ0v) is 10.2. The fraction of sp³-hybridized carbons (Fsp3) is 0.929. The average molecular weight is 224 g/mol. The van der Waals surface area contributed by atoms with E-state index in [-0.39, 0.29) is 0 Å². The van der Waals surface area contributed by atoms with Gasteiger partial charge in [-0.25, -0.2) is 0 Å². The summed E-state index contributed by atoms with van der Waals surface area (Å²) in [5.74, 6) is 1.26. The molecule has 0 aromatic rings. The van der Waals surface area contributed by atoms with E-state index in [0.29, 0.717) is 17.6 Å². The molecule has 2 fully saturated rings. The van der Waals surface area contributed by atoms with E-state index in [4.69, 9.17) is 4.74 Å². The molecule has 1 aliphatic carbocycles. The van der Waals surface area contributed by atoms with Crippen LogP contribution in [0.3, 0.4) is 0 Å². The maximum Gasteiger partial charge on any atom is 0.139 e. The molecule has 0 atom stereocenters. The molecule has 2 nitrogen and oxygen atoms in total. The van der Waals surface area contributed by atoms with Crippen molar-refractivity contribution in [3.63, 3.8) is 0 Å². The van der Waals surface area contributed by atoms with Gasteiger partial charge in [-0.2, -0.15) is 0 Å². The SMILES string of the molecule is O=C(C1CCCCCCC1)C1CCOCC1. The minimum Gasteiger partial charge on any atom is -0.381 e. The van der Waals surface area contributed by atoms with Gasteiger partial charge in [0.15, 0.2) is 0 Å². The van der Waals surface area contributed by atoms with E-state index < -0.39 is 0 Å². The fourth-order valence-corrected chi connectivity index (χ4v) is 3.06. The Balaban J connectivity index is 1.85. The van der Waals surface area contributed by atoms with Crippen molar-refractivity contribution in [1.82, 2.24) is 0 Å². The third-order valence-corrected chi connectivity index (χ3v) is 4.13. The second-order valence-electron chi connectivity index (χ2n) is 5.33. The van der Waals surface area contributed by atoms with Gasteiger partial charge in [0.25, 0.3) is 0 Å². The molecule has 1 aliphatic heterocycles. The Kier molecular flexibility index (Phi) is 4.83. The Bertz CT molecular complexity index is 211. The number of hydrogen-bond acceptors (Lipinski definition) is 2. The Hall–Kier alpha value is -0.370. The van der Waals surface area contributed by atoms with Crippen LogP contribution in [0.15, 0.2) is 0 Å². The highest BCUT2D eigenvalue weighted by Crippen LogP contribution is 2.28. The maximum atomic E-state index is 12.4. The van der Waals surface area contributed by atoms with Gasteiger partial charge in [-0.05, 0) is 25.7 Å². The number of hydrogen-bond donors (Lipinski definition) is 0. The van der Waals surface area contributed by atoms with E-state index >= 15 is 0 Å². The fourth-order valence-electron chi connectivity index (χ4n) is 3.06. The number of carbonyl (C=O) groups excluding carboxylic acids is 1. The van der Waals surface area contributed by atoms with Crippen LogP contribution in [0.2, 0.25) is 0 Å². The van der Waals surface area contributed by atoms with E-state index in [2.05, 4.69) is 0 Å². The summed E-state index contributed by atoms with van der Waals surface area (Å²) in [4.78, 5) is 12.4. The van der Waals surface area contributed by atoms with E-state index in [1.165, 1.54) is 32.1 Å². The highest BCUT2D eigenvalue weighted by atomic mass is 16.5.